The van der Waals surface area contributed by atoms with Crippen LogP contribution in [0.5, 0.6) is 11.5 Å². The Hall–Kier alpha value is -2.55. The molecule has 21 heavy (non-hydrogen) atoms. The fraction of sp³-hybridized carbons (Fsp3) is 0.417. The van der Waals surface area contributed by atoms with E-state index in [2.05, 4.69) is 4.99 Å². The summed E-state index contributed by atoms with van der Waals surface area (Å²) in [6.07, 6.45) is 0. The molecule has 0 aliphatic rings. The van der Waals surface area contributed by atoms with Crippen LogP contribution in [0.2, 0.25) is 0 Å². The van der Waals surface area contributed by atoms with Gasteiger partial charge in [0.1, 0.15) is 18.0 Å². The molecule has 116 valence electrons. The quantitative estimate of drug-likeness (QED) is 0.323. The van der Waals surface area contributed by atoms with Gasteiger partial charge in [-0.3, -0.25) is 10.1 Å². The van der Waals surface area contributed by atoms with Gasteiger partial charge in [0.2, 0.25) is 5.75 Å². The van der Waals surface area contributed by atoms with Crippen molar-refractivity contribution in [3.8, 4) is 11.5 Å². The Morgan fingerprint density at radius 1 is 1.38 bits per heavy atom. The average molecular weight is 297 g/mol. The number of benzene rings is 1. The van der Waals surface area contributed by atoms with Gasteiger partial charge in [0.25, 0.3) is 0 Å². The van der Waals surface area contributed by atoms with Crippen LogP contribution in [-0.2, 0) is 0 Å². The number of ether oxygens (including phenoxy) is 2. The first-order valence-corrected chi connectivity index (χ1v) is 6.08. The van der Waals surface area contributed by atoms with Gasteiger partial charge in [-0.1, -0.05) is 0 Å². The highest BCUT2D eigenvalue weighted by Gasteiger charge is 2.20. The predicted molar refractivity (Wildman–Crippen MR) is 79.2 cm³/mol. The second kappa shape index (κ2) is 7.29. The Bertz CT molecular complexity index is 541. The maximum absolute atomic E-state index is 11.1. The lowest BCUT2D eigenvalue weighted by Crippen LogP contribution is -2.22. The average Bonchev–Trinajstić information content (AvgIpc) is 2.38. The highest BCUT2D eigenvalue weighted by molar-refractivity contribution is 5.81. The first kappa shape index (κ1) is 16.5. The molecule has 0 aliphatic carbocycles. The maximum Gasteiger partial charge on any atom is 0.313 e. The van der Waals surface area contributed by atoms with E-state index in [0.717, 1.165) is 0 Å². The number of nitrogens with zero attached hydrogens (tertiary/aromatic N) is 3. The van der Waals surface area contributed by atoms with Crippen molar-refractivity contribution >= 4 is 17.3 Å². The number of nitro benzene ring substituents is 1. The summed E-state index contributed by atoms with van der Waals surface area (Å²) in [5.74, 6) is 0.172. The van der Waals surface area contributed by atoms with Gasteiger partial charge in [-0.2, -0.15) is 0 Å². The summed E-state index contributed by atoms with van der Waals surface area (Å²) in [7, 11) is 5.16. The molecule has 4 N–H and O–H groups in total. The number of nitrogens with two attached hydrogens (primary N) is 2. The summed E-state index contributed by atoms with van der Waals surface area (Å²) in [5.41, 5.74) is 10.5. The smallest absolute Gasteiger partial charge is 0.313 e. The molecule has 0 saturated heterocycles. The molecule has 0 aromatic heterocycles. The fourth-order valence-electron chi connectivity index (χ4n) is 1.53. The van der Waals surface area contributed by atoms with Crippen molar-refractivity contribution in [1.82, 2.24) is 4.90 Å². The lowest BCUT2D eigenvalue weighted by atomic mass is 10.2. The number of hydrogen-bond donors (Lipinski definition) is 2. The van der Waals surface area contributed by atoms with Crippen molar-refractivity contribution in [2.24, 2.45) is 16.5 Å². The standard InChI is InChI=1S/C12H19N5O4/c1-16(2)4-5-21-11-7-10(20-3)8(15-12(13)14)6-9(11)17(18)19/h6-7H,4-5H2,1-3H3,(H4,13,14,15). The summed E-state index contributed by atoms with van der Waals surface area (Å²) in [4.78, 5) is 16.3. The second-order valence-electron chi connectivity index (χ2n) is 4.44. The molecular formula is C12H19N5O4. The Morgan fingerprint density at radius 2 is 2.05 bits per heavy atom. The molecule has 0 amide bonds. The molecule has 0 bridgehead atoms. The van der Waals surface area contributed by atoms with Gasteiger partial charge in [-0.25, -0.2) is 4.99 Å². The van der Waals surface area contributed by atoms with E-state index >= 15 is 0 Å². The number of guanidine groups is 1. The molecule has 0 radical (unpaired) electrons. The lowest BCUT2D eigenvalue weighted by molar-refractivity contribution is -0.385. The fourth-order valence-corrected chi connectivity index (χ4v) is 1.53. The molecule has 1 aromatic rings. The molecule has 0 saturated carbocycles. The highest BCUT2D eigenvalue weighted by atomic mass is 16.6. The van der Waals surface area contributed by atoms with E-state index in [0.29, 0.717) is 13.2 Å². The Morgan fingerprint density at radius 3 is 2.52 bits per heavy atom. The summed E-state index contributed by atoms with van der Waals surface area (Å²) in [5, 5.41) is 11.1. The first-order valence-electron chi connectivity index (χ1n) is 6.08. The normalized spacial score (nSPS) is 10.3. The predicted octanol–water partition coefficient (Wildman–Crippen LogP) is 0.449. The SMILES string of the molecule is COc1cc(OCCN(C)C)c([N+](=O)[O-])cc1N=C(N)N. The van der Waals surface area contributed by atoms with E-state index < -0.39 is 4.92 Å². The third kappa shape index (κ3) is 4.80. The lowest BCUT2D eigenvalue weighted by Gasteiger charge is -2.13. The van der Waals surface area contributed by atoms with Crippen LogP contribution in [0.1, 0.15) is 0 Å². The maximum atomic E-state index is 11.1. The number of hydrogen-bond acceptors (Lipinski definition) is 6. The van der Waals surface area contributed by atoms with E-state index in [4.69, 9.17) is 20.9 Å². The molecule has 0 fully saturated rings. The number of aliphatic imine (C=N–C) groups is 1. The van der Waals surface area contributed by atoms with Crippen LogP contribution in [0.15, 0.2) is 17.1 Å². The van der Waals surface area contributed by atoms with E-state index in [1.807, 2.05) is 19.0 Å². The van der Waals surface area contributed by atoms with Crippen molar-refractivity contribution in [2.45, 2.75) is 0 Å². The minimum atomic E-state index is -0.559. The molecule has 0 heterocycles. The van der Waals surface area contributed by atoms with Crippen molar-refractivity contribution < 1.29 is 14.4 Å². The molecule has 0 aliphatic heterocycles. The van der Waals surface area contributed by atoms with Crippen molar-refractivity contribution in [3.63, 3.8) is 0 Å². The van der Waals surface area contributed by atoms with Crippen LogP contribution in [0, 0.1) is 10.1 Å². The zero-order chi connectivity index (χ0) is 16.0. The van der Waals surface area contributed by atoms with Crippen LogP contribution in [0.3, 0.4) is 0 Å². The van der Waals surface area contributed by atoms with E-state index in [1.54, 1.807) is 0 Å². The number of methoxy groups -OCH3 is 1. The van der Waals surface area contributed by atoms with Crippen molar-refractivity contribution in [1.29, 1.82) is 0 Å². The third-order valence-corrected chi connectivity index (χ3v) is 2.50. The van der Waals surface area contributed by atoms with Crippen LogP contribution in [0.4, 0.5) is 11.4 Å². The van der Waals surface area contributed by atoms with Crippen molar-refractivity contribution in [3.05, 3.63) is 22.2 Å². The zero-order valence-electron chi connectivity index (χ0n) is 12.2. The molecule has 0 atom stereocenters. The van der Waals surface area contributed by atoms with Crippen molar-refractivity contribution in [2.75, 3.05) is 34.4 Å². The molecule has 0 spiro atoms. The third-order valence-electron chi connectivity index (χ3n) is 2.50. The topological polar surface area (TPSA) is 129 Å². The van der Waals surface area contributed by atoms with E-state index in [1.165, 1.54) is 19.2 Å². The molecule has 1 aromatic carbocycles. The van der Waals surface area contributed by atoms with Gasteiger partial charge in [0.05, 0.1) is 12.0 Å². The number of rotatable bonds is 7. The van der Waals surface area contributed by atoms with E-state index in [9.17, 15) is 10.1 Å². The van der Waals surface area contributed by atoms with Gasteiger partial charge in [-0.05, 0) is 14.1 Å². The Kier molecular flexibility index (Phi) is 5.73. The van der Waals surface area contributed by atoms with Crippen LogP contribution in [0.25, 0.3) is 0 Å². The van der Waals surface area contributed by atoms with Gasteiger partial charge >= 0.3 is 5.69 Å². The summed E-state index contributed by atoms with van der Waals surface area (Å²) in [6.45, 7) is 0.924. The molecule has 0 unspecified atom stereocenters. The summed E-state index contributed by atoms with van der Waals surface area (Å²) in [6, 6.07) is 2.61. The van der Waals surface area contributed by atoms with Crippen LogP contribution >= 0.6 is 0 Å². The molecule has 9 nitrogen and oxygen atoms in total. The highest BCUT2D eigenvalue weighted by Crippen LogP contribution is 2.39. The van der Waals surface area contributed by atoms with Gasteiger partial charge in [-0.15, -0.1) is 0 Å². The Balaban J connectivity index is 3.17. The monoisotopic (exact) mass is 297 g/mol. The van der Waals surface area contributed by atoms with Gasteiger partial charge in [0.15, 0.2) is 5.96 Å². The van der Waals surface area contributed by atoms with Gasteiger partial charge < -0.3 is 25.8 Å². The second-order valence-corrected chi connectivity index (χ2v) is 4.44. The van der Waals surface area contributed by atoms with E-state index in [-0.39, 0.29) is 28.8 Å². The zero-order valence-corrected chi connectivity index (χ0v) is 12.2. The number of likely N-dealkylation sites (N-methyl/N-ethyl adjacent to an activating group) is 1. The minimum Gasteiger partial charge on any atom is -0.494 e. The molecular weight excluding hydrogens is 278 g/mol. The van der Waals surface area contributed by atoms with Crippen LogP contribution in [-0.4, -0.2) is 50.1 Å². The van der Waals surface area contributed by atoms with Crippen LogP contribution < -0.4 is 20.9 Å². The minimum absolute atomic E-state index is 0.105. The largest absolute Gasteiger partial charge is 0.494 e. The molecule has 9 heteroatoms. The Labute approximate surface area is 122 Å². The first-order chi connectivity index (χ1) is 9.85. The summed E-state index contributed by atoms with van der Waals surface area (Å²) >= 11 is 0. The molecule has 1 rings (SSSR count). The summed E-state index contributed by atoms with van der Waals surface area (Å²) < 4.78 is 10.6. The number of nitro groups is 1. The van der Waals surface area contributed by atoms with Gasteiger partial charge in [0, 0.05) is 18.7 Å².